The lowest BCUT2D eigenvalue weighted by molar-refractivity contribution is -0.156. The minimum absolute atomic E-state index is 0.105. The predicted octanol–water partition coefficient (Wildman–Crippen LogP) is -0.0323. The quantitative estimate of drug-likeness (QED) is 0.433. The Kier molecular flexibility index (Phi) is 4.53. The number of carbonyl (C=O) groups is 1. The van der Waals surface area contributed by atoms with Gasteiger partial charge in [0.2, 0.25) is 0 Å². The van der Waals surface area contributed by atoms with Crippen LogP contribution in [0.25, 0.3) is 0 Å². The molecule has 1 aromatic heterocycles. The van der Waals surface area contributed by atoms with Crippen LogP contribution in [0.5, 0.6) is 0 Å². The molecule has 0 amide bonds. The Bertz CT molecular complexity index is 414. The van der Waals surface area contributed by atoms with E-state index < -0.39 is 5.97 Å². The molecule has 0 aliphatic heterocycles. The van der Waals surface area contributed by atoms with Crippen molar-refractivity contribution < 1.29 is 14.3 Å². The molecule has 0 aromatic carbocycles. The van der Waals surface area contributed by atoms with E-state index >= 15 is 0 Å². The molecule has 0 bridgehead atoms. The Labute approximate surface area is 92.6 Å². The highest BCUT2D eigenvalue weighted by Gasteiger charge is 2.05. The molecule has 0 aliphatic rings. The first-order valence-electron chi connectivity index (χ1n) is 4.83. The molecular weight excluding hydrogens is 212 g/mol. The van der Waals surface area contributed by atoms with Crippen LogP contribution >= 0.6 is 0 Å². The Morgan fingerprint density at radius 1 is 1.50 bits per heavy atom. The zero-order valence-corrected chi connectivity index (χ0v) is 9.01. The summed E-state index contributed by atoms with van der Waals surface area (Å²) in [6.45, 7) is 1.98. The van der Waals surface area contributed by atoms with Crippen LogP contribution in [0.15, 0.2) is 23.1 Å². The van der Waals surface area contributed by atoms with Crippen molar-refractivity contribution in [3.8, 4) is 0 Å². The summed E-state index contributed by atoms with van der Waals surface area (Å²) in [5.74, 6) is -0.541. The second kappa shape index (κ2) is 5.92. The lowest BCUT2D eigenvalue weighted by Gasteiger charge is -2.06. The third-order valence-corrected chi connectivity index (χ3v) is 1.81. The molecule has 0 unspecified atom stereocenters. The first-order valence-corrected chi connectivity index (χ1v) is 4.83. The van der Waals surface area contributed by atoms with Gasteiger partial charge in [-0.1, -0.05) is 0 Å². The third-order valence-electron chi connectivity index (χ3n) is 1.81. The molecular formula is C10H14N2O4. The summed E-state index contributed by atoms with van der Waals surface area (Å²) in [7, 11) is 0. The molecule has 0 atom stereocenters. The fourth-order valence-corrected chi connectivity index (χ4v) is 1.05. The number of hydrogen-bond donors (Lipinski definition) is 1. The van der Waals surface area contributed by atoms with Crippen molar-refractivity contribution in [2.75, 3.05) is 19.1 Å². The molecule has 1 heterocycles. The van der Waals surface area contributed by atoms with Crippen LogP contribution < -0.4 is 11.3 Å². The Hall–Kier alpha value is -1.82. The van der Waals surface area contributed by atoms with Crippen molar-refractivity contribution in [1.82, 2.24) is 4.57 Å². The molecule has 1 aromatic rings. The van der Waals surface area contributed by atoms with Crippen LogP contribution in [0.1, 0.15) is 6.92 Å². The van der Waals surface area contributed by atoms with E-state index in [2.05, 4.69) is 0 Å². The van der Waals surface area contributed by atoms with Crippen molar-refractivity contribution >= 4 is 11.7 Å². The van der Waals surface area contributed by atoms with Crippen LogP contribution in [-0.4, -0.2) is 23.9 Å². The molecule has 1 rings (SSSR count). The lowest BCUT2D eigenvalue weighted by atomic mass is 10.4. The number of esters is 1. The predicted molar refractivity (Wildman–Crippen MR) is 57.7 cm³/mol. The largest absolute Gasteiger partial charge is 0.437 e. The Morgan fingerprint density at radius 3 is 2.94 bits per heavy atom. The van der Waals surface area contributed by atoms with E-state index in [1.54, 1.807) is 6.92 Å². The second-order valence-electron chi connectivity index (χ2n) is 3.06. The fraction of sp³-hybridized carbons (Fsp3) is 0.400. The first-order chi connectivity index (χ1) is 7.63. The van der Waals surface area contributed by atoms with Crippen LogP contribution in [-0.2, 0) is 20.8 Å². The van der Waals surface area contributed by atoms with Gasteiger partial charge in [-0.05, 0) is 13.0 Å². The van der Waals surface area contributed by atoms with Gasteiger partial charge in [-0.2, -0.15) is 0 Å². The molecule has 0 saturated carbocycles. The van der Waals surface area contributed by atoms with Gasteiger partial charge >= 0.3 is 5.97 Å². The van der Waals surface area contributed by atoms with Gasteiger partial charge in [0.15, 0.2) is 6.79 Å². The van der Waals surface area contributed by atoms with Crippen molar-refractivity contribution in [2.45, 2.75) is 13.5 Å². The van der Waals surface area contributed by atoms with Crippen LogP contribution in [0.2, 0.25) is 0 Å². The molecule has 6 heteroatoms. The highest BCUT2D eigenvalue weighted by atomic mass is 16.7. The maximum atomic E-state index is 11.3. The van der Waals surface area contributed by atoms with Gasteiger partial charge in [-0.3, -0.25) is 9.59 Å². The van der Waals surface area contributed by atoms with E-state index in [1.807, 2.05) is 0 Å². The number of rotatable bonds is 5. The van der Waals surface area contributed by atoms with Gasteiger partial charge in [0.05, 0.1) is 0 Å². The molecule has 0 aliphatic carbocycles. The van der Waals surface area contributed by atoms with Gasteiger partial charge in [0.25, 0.3) is 5.56 Å². The topological polar surface area (TPSA) is 83.6 Å². The number of anilines is 1. The number of ether oxygens (including phenoxy) is 2. The van der Waals surface area contributed by atoms with Gasteiger partial charge in [0.1, 0.15) is 6.54 Å². The molecule has 6 nitrogen and oxygen atoms in total. The van der Waals surface area contributed by atoms with E-state index in [0.717, 1.165) is 0 Å². The zero-order chi connectivity index (χ0) is 12.0. The summed E-state index contributed by atoms with van der Waals surface area (Å²) in [5, 5.41) is 0. The number of hydrogen-bond acceptors (Lipinski definition) is 5. The number of nitrogens with zero attached hydrogens (tertiary/aromatic N) is 1. The SMILES string of the molecule is CCOCOC(=O)Cn1cc(N)ccc1=O. The standard InChI is InChI=1S/C10H14N2O4/c1-2-15-7-16-10(14)6-12-5-8(11)3-4-9(12)13/h3-5H,2,6-7,11H2,1H3. The smallest absolute Gasteiger partial charge is 0.328 e. The summed E-state index contributed by atoms with van der Waals surface area (Å²) >= 11 is 0. The highest BCUT2D eigenvalue weighted by molar-refractivity contribution is 5.69. The molecule has 0 spiro atoms. The van der Waals surface area contributed by atoms with Crippen LogP contribution in [0, 0.1) is 0 Å². The van der Waals surface area contributed by atoms with Crippen molar-refractivity contribution in [3.63, 3.8) is 0 Å². The van der Waals surface area contributed by atoms with Crippen LogP contribution in [0.3, 0.4) is 0 Å². The summed E-state index contributed by atoms with van der Waals surface area (Å²) in [6.07, 6.45) is 1.39. The van der Waals surface area contributed by atoms with Crippen molar-refractivity contribution in [1.29, 1.82) is 0 Å². The average Bonchev–Trinajstić information content (AvgIpc) is 2.24. The highest BCUT2D eigenvalue weighted by Crippen LogP contribution is 1.96. The van der Waals surface area contributed by atoms with Crippen molar-refractivity contribution in [3.05, 3.63) is 28.7 Å². The Balaban J connectivity index is 2.56. The first kappa shape index (κ1) is 12.3. The van der Waals surface area contributed by atoms with Gasteiger partial charge in [0, 0.05) is 24.6 Å². The third kappa shape index (κ3) is 3.74. The van der Waals surface area contributed by atoms with Gasteiger partial charge in [-0.15, -0.1) is 0 Å². The number of pyridine rings is 1. The zero-order valence-electron chi connectivity index (χ0n) is 9.01. The van der Waals surface area contributed by atoms with Crippen molar-refractivity contribution in [2.24, 2.45) is 0 Å². The lowest BCUT2D eigenvalue weighted by Crippen LogP contribution is -2.25. The molecule has 0 fully saturated rings. The summed E-state index contributed by atoms with van der Waals surface area (Å²) in [4.78, 5) is 22.6. The number of carbonyl (C=O) groups excluding carboxylic acids is 1. The normalized spacial score (nSPS) is 10.1. The Morgan fingerprint density at radius 2 is 2.25 bits per heavy atom. The number of nitrogen functional groups attached to an aromatic ring is 1. The van der Waals surface area contributed by atoms with E-state index in [0.29, 0.717) is 12.3 Å². The average molecular weight is 226 g/mol. The molecule has 16 heavy (non-hydrogen) atoms. The second-order valence-corrected chi connectivity index (χ2v) is 3.06. The summed E-state index contributed by atoms with van der Waals surface area (Å²) in [6, 6.07) is 2.77. The molecule has 0 saturated heterocycles. The summed E-state index contributed by atoms with van der Waals surface area (Å²) in [5.41, 5.74) is 5.60. The maximum absolute atomic E-state index is 11.3. The molecule has 2 N–H and O–H groups in total. The van der Waals surface area contributed by atoms with Gasteiger partial charge < -0.3 is 19.8 Å². The number of nitrogens with two attached hydrogens (primary N) is 1. The monoisotopic (exact) mass is 226 g/mol. The summed E-state index contributed by atoms with van der Waals surface area (Å²) < 4.78 is 10.7. The van der Waals surface area contributed by atoms with Crippen LogP contribution in [0.4, 0.5) is 5.69 Å². The molecule has 88 valence electrons. The molecule has 0 radical (unpaired) electrons. The van der Waals surface area contributed by atoms with Gasteiger partial charge in [-0.25, -0.2) is 0 Å². The minimum Gasteiger partial charge on any atom is -0.437 e. The van der Waals surface area contributed by atoms with E-state index in [9.17, 15) is 9.59 Å². The number of aromatic nitrogens is 1. The minimum atomic E-state index is -0.541. The van der Waals surface area contributed by atoms with E-state index in [4.69, 9.17) is 15.2 Å². The fourth-order valence-electron chi connectivity index (χ4n) is 1.05. The van der Waals surface area contributed by atoms with E-state index in [1.165, 1.54) is 22.9 Å². The maximum Gasteiger partial charge on any atom is 0.328 e. The van der Waals surface area contributed by atoms with E-state index in [-0.39, 0.29) is 18.9 Å².